The fraction of sp³-hybridized carbons (Fsp3) is 0.250. The lowest BCUT2D eigenvalue weighted by molar-refractivity contribution is 0.0615. The van der Waals surface area contributed by atoms with E-state index in [4.69, 9.17) is 4.74 Å². The molecule has 6 nitrogen and oxygen atoms in total. The number of hydrogen-bond donors (Lipinski definition) is 0. The average Bonchev–Trinajstić information content (AvgIpc) is 2.95. The van der Waals surface area contributed by atoms with Gasteiger partial charge in [-0.1, -0.05) is 97.9 Å². The molecular formula is C32H33N3O3. The van der Waals surface area contributed by atoms with Crippen LogP contribution in [0.25, 0.3) is 0 Å². The highest BCUT2D eigenvalue weighted by molar-refractivity contribution is 5.96. The normalized spacial score (nSPS) is 13.2. The Hall–Kier alpha value is -4.32. The summed E-state index contributed by atoms with van der Waals surface area (Å²) in [7, 11) is 0. The zero-order chi connectivity index (χ0) is 26.6. The largest absolute Gasteiger partial charge is 0.482 e. The number of amides is 1. The third-order valence-electron chi connectivity index (χ3n) is 6.98. The van der Waals surface area contributed by atoms with E-state index in [0.717, 1.165) is 22.4 Å². The van der Waals surface area contributed by atoms with Crippen LogP contribution in [0.5, 0.6) is 5.75 Å². The number of fused-ring (bicyclic) bond motifs is 1. The Morgan fingerprint density at radius 3 is 1.89 bits per heavy atom. The second-order valence-corrected chi connectivity index (χ2v) is 9.79. The third-order valence-corrected chi connectivity index (χ3v) is 6.98. The van der Waals surface area contributed by atoms with E-state index < -0.39 is 0 Å². The van der Waals surface area contributed by atoms with Gasteiger partial charge in [-0.05, 0) is 37.0 Å². The van der Waals surface area contributed by atoms with Crippen molar-refractivity contribution < 1.29 is 9.53 Å². The van der Waals surface area contributed by atoms with E-state index in [1.54, 1.807) is 6.07 Å². The van der Waals surface area contributed by atoms with Gasteiger partial charge in [0, 0.05) is 17.8 Å². The highest BCUT2D eigenvalue weighted by atomic mass is 16.5. The van der Waals surface area contributed by atoms with Crippen molar-refractivity contribution in [1.29, 1.82) is 0 Å². The zero-order valence-electron chi connectivity index (χ0n) is 22.1. The van der Waals surface area contributed by atoms with Gasteiger partial charge in [-0.15, -0.1) is 0 Å². The lowest BCUT2D eigenvalue weighted by Gasteiger charge is -2.46. The minimum atomic E-state index is -0.279. The van der Waals surface area contributed by atoms with Gasteiger partial charge < -0.3 is 9.64 Å². The Balaban J connectivity index is 1.73. The van der Waals surface area contributed by atoms with Crippen molar-refractivity contribution in [2.75, 3.05) is 11.7 Å². The first kappa shape index (κ1) is 25.3. The van der Waals surface area contributed by atoms with Crippen LogP contribution < -0.4 is 15.2 Å². The minimum absolute atomic E-state index is 0.0756. The summed E-state index contributed by atoms with van der Waals surface area (Å²) in [5, 5.41) is 2.19. The number of carbonyl (C=O) groups excluding carboxylic acids is 1. The third kappa shape index (κ3) is 4.82. The molecule has 6 heteroatoms. The lowest BCUT2D eigenvalue weighted by atomic mass is 9.97. The molecule has 38 heavy (non-hydrogen) atoms. The number of benzene rings is 3. The van der Waals surface area contributed by atoms with Gasteiger partial charge in [0.1, 0.15) is 13.3 Å². The number of ether oxygens (including phenoxy) is 1. The summed E-state index contributed by atoms with van der Waals surface area (Å²) in [5.74, 6) is -0.113. The molecule has 0 spiro atoms. The smallest absolute Gasteiger partial charge is 0.278 e. The minimum Gasteiger partial charge on any atom is -0.482 e. The van der Waals surface area contributed by atoms with Crippen LogP contribution in [-0.4, -0.2) is 28.2 Å². The molecule has 5 rings (SSSR count). The fourth-order valence-corrected chi connectivity index (χ4v) is 5.06. The van der Waals surface area contributed by atoms with Crippen LogP contribution in [0.4, 0.5) is 0 Å². The molecule has 0 fully saturated rings. The Bertz CT molecular complexity index is 1410. The first-order valence-corrected chi connectivity index (χ1v) is 13.1. The molecule has 0 unspecified atom stereocenters. The number of aromatic nitrogens is 1. The van der Waals surface area contributed by atoms with Crippen molar-refractivity contribution >= 4 is 5.91 Å². The number of carbonyl (C=O) groups is 1. The summed E-state index contributed by atoms with van der Waals surface area (Å²) in [6, 6.07) is 31.6. The molecule has 0 saturated carbocycles. The first-order valence-electron chi connectivity index (χ1n) is 13.1. The Labute approximate surface area is 223 Å². The highest BCUT2D eigenvalue weighted by Gasteiger charge is 2.39. The van der Waals surface area contributed by atoms with E-state index in [1.807, 2.05) is 97.1 Å². The maximum absolute atomic E-state index is 14.0. The highest BCUT2D eigenvalue weighted by Crippen LogP contribution is 2.34. The van der Waals surface area contributed by atoms with Gasteiger partial charge in [-0.3, -0.25) is 19.3 Å². The van der Waals surface area contributed by atoms with Crippen LogP contribution in [-0.2, 0) is 13.0 Å². The molecule has 0 radical (unpaired) electrons. The summed E-state index contributed by atoms with van der Waals surface area (Å²) >= 11 is 0. The summed E-state index contributed by atoms with van der Waals surface area (Å²) in [6.07, 6.45) is 0.586. The van der Waals surface area contributed by atoms with Gasteiger partial charge in [0.2, 0.25) is 5.43 Å². The van der Waals surface area contributed by atoms with Gasteiger partial charge in [-0.25, -0.2) is 0 Å². The zero-order valence-corrected chi connectivity index (χ0v) is 22.1. The number of hydrogen-bond acceptors (Lipinski definition) is 4. The van der Waals surface area contributed by atoms with E-state index in [0.29, 0.717) is 13.1 Å². The van der Waals surface area contributed by atoms with Gasteiger partial charge in [-0.2, -0.15) is 0 Å². The van der Waals surface area contributed by atoms with Crippen LogP contribution in [0, 0.1) is 0 Å². The quantitative estimate of drug-likeness (QED) is 0.314. The number of pyridine rings is 1. The predicted molar refractivity (Wildman–Crippen MR) is 150 cm³/mol. The van der Waals surface area contributed by atoms with Crippen molar-refractivity contribution in [3.8, 4) is 5.75 Å². The van der Waals surface area contributed by atoms with E-state index >= 15 is 0 Å². The van der Waals surface area contributed by atoms with Crippen LogP contribution in [0.2, 0.25) is 0 Å². The average molecular weight is 508 g/mol. The standard InChI is InChI=1S/C32H33N3O3/c1-4-27-20-28(36)31(38-21-24-14-8-5-9-15-24)30-32(37)33(23(2)3)22-34(35(27)30)29(25-16-10-6-11-17-25)26-18-12-7-13-19-26/h5-20,23,29H,4,21-22H2,1-3H3. The molecular weight excluding hydrogens is 474 g/mol. The van der Waals surface area contributed by atoms with Gasteiger partial charge in [0.25, 0.3) is 5.91 Å². The second-order valence-electron chi connectivity index (χ2n) is 9.79. The van der Waals surface area contributed by atoms with Crippen LogP contribution in [0.3, 0.4) is 0 Å². The summed E-state index contributed by atoms with van der Waals surface area (Å²) in [5.41, 5.74) is 3.88. The molecule has 0 bridgehead atoms. The van der Waals surface area contributed by atoms with Crippen molar-refractivity contribution in [3.63, 3.8) is 0 Å². The second kappa shape index (κ2) is 11.0. The van der Waals surface area contributed by atoms with Crippen LogP contribution in [0.1, 0.15) is 59.7 Å². The maximum Gasteiger partial charge on any atom is 0.278 e. The van der Waals surface area contributed by atoms with Crippen molar-refractivity contribution in [3.05, 3.63) is 135 Å². The van der Waals surface area contributed by atoms with Gasteiger partial charge in [0.15, 0.2) is 11.4 Å². The molecule has 1 aliphatic heterocycles. The molecule has 0 saturated heterocycles. The molecule has 0 N–H and O–H groups in total. The van der Waals surface area contributed by atoms with Gasteiger partial charge >= 0.3 is 0 Å². The van der Waals surface area contributed by atoms with Crippen molar-refractivity contribution in [2.24, 2.45) is 0 Å². The Morgan fingerprint density at radius 2 is 1.37 bits per heavy atom. The summed E-state index contributed by atoms with van der Waals surface area (Å²) in [4.78, 5) is 29.2. The lowest BCUT2D eigenvalue weighted by Crippen LogP contribution is -2.58. The summed E-state index contributed by atoms with van der Waals surface area (Å²) in [6.45, 7) is 6.57. The predicted octanol–water partition coefficient (Wildman–Crippen LogP) is 5.54. The van der Waals surface area contributed by atoms with E-state index in [9.17, 15) is 9.59 Å². The SMILES string of the molecule is CCc1cc(=O)c(OCc2ccccc2)c2n1N(C(c1ccccc1)c1ccccc1)CN(C(C)C)C2=O. The van der Waals surface area contributed by atoms with Gasteiger partial charge in [0.05, 0.1) is 6.04 Å². The van der Waals surface area contributed by atoms with Crippen molar-refractivity contribution in [2.45, 2.75) is 45.9 Å². The molecule has 0 atom stereocenters. The fourth-order valence-electron chi connectivity index (χ4n) is 5.06. The van der Waals surface area contributed by atoms with E-state index in [1.165, 1.54) is 0 Å². The molecule has 0 aliphatic carbocycles. The first-order chi connectivity index (χ1) is 18.5. The number of rotatable bonds is 8. The van der Waals surface area contributed by atoms with E-state index in [-0.39, 0.29) is 41.5 Å². The molecule has 4 aromatic rings. The molecule has 3 aromatic carbocycles. The van der Waals surface area contributed by atoms with Crippen LogP contribution in [0.15, 0.2) is 102 Å². The molecule has 2 heterocycles. The Morgan fingerprint density at radius 1 is 0.816 bits per heavy atom. The maximum atomic E-state index is 14.0. The molecule has 1 amide bonds. The summed E-state index contributed by atoms with van der Waals surface area (Å²) < 4.78 is 8.09. The Kier molecular flexibility index (Phi) is 7.31. The number of aryl methyl sites for hydroxylation is 1. The van der Waals surface area contributed by atoms with Crippen molar-refractivity contribution in [1.82, 2.24) is 9.58 Å². The monoisotopic (exact) mass is 507 g/mol. The molecule has 1 aliphatic rings. The molecule has 1 aromatic heterocycles. The number of nitrogens with zero attached hydrogens (tertiary/aromatic N) is 3. The van der Waals surface area contributed by atoms with E-state index in [2.05, 4.69) is 29.3 Å². The molecule has 194 valence electrons. The van der Waals surface area contributed by atoms with Crippen LogP contribution >= 0.6 is 0 Å². The topological polar surface area (TPSA) is 54.8 Å².